The van der Waals surface area contributed by atoms with Crippen LogP contribution in [0.5, 0.6) is 0 Å². The maximum Gasteiger partial charge on any atom is 0.299 e. The van der Waals surface area contributed by atoms with E-state index in [0.29, 0.717) is 6.07 Å². The number of nitrogens with two attached hydrogens (primary N) is 1. The molecule has 1 aliphatic rings. The summed E-state index contributed by atoms with van der Waals surface area (Å²) in [6.45, 7) is -0.213. The Bertz CT molecular complexity index is 572. The SMILES string of the molecule is NC(=O)CCN1C(=O)C(=O)c2cc(F)cc(F)c21. The molecule has 0 saturated heterocycles. The Kier molecular flexibility index (Phi) is 2.82. The highest BCUT2D eigenvalue weighted by Gasteiger charge is 2.38. The number of Topliss-reactive ketones (excluding diaryl/α,β-unsaturated/α-hetero) is 1. The van der Waals surface area contributed by atoms with Crippen LogP contribution in [0.2, 0.25) is 0 Å². The van der Waals surface area contributed by atoms with Gasteiger partial charge in [0.05, 0.1) is 11.3 Å². The average Bonchev–Trinajstić information content (AvgIpc) is 2.51. The van der Waals surface area contributed by atoms with Gasteiger partial charge in [0.1, 0.15) is 5.82 Å². The molecule has 0 saturated carbocycles. The molecule has 2 amide bonds. The summed E-state index contributed by atoms with van der Waals surface area (Å²) < 4.78 is 26.5. The van der Waals surface area contributed by atoms with Crippen molar-refractivity contribution >= 4 is 23.3 Å². The van der Waals surface area contributed by atoms with Crippen LogP contribution >= 0.6 is 0 Å². The van der Waals surface area contributed by atoms with Crippen molar-refractivity contribution in [3.8, 4) is 0 Å². The minimum Gasteiger partial charge on any atom is -0.370 e. The van der Waals surface area contributed by atoms with Gasteiger partial charge < -0.3 is 10.6 Å². The molecule has 0 spiro atoms. The fourth-order valence-electron chi connectivity index (χ4n) is 1.79. The average molecular weight is 254 g/mol. The summed E-state index contributed by atoms with van der Waals surface area (Å²) in [4.78, 5) is 34.5. The molecule has 5 nitrogen and oxygen atoms in total. The van der Waals surface area contributed by atoms with Gasteiger partial charge in [-0.05, 0) is 6.07 Å². The highest BCUT2D eigenvalue weighted by Crippen LogP contribution is 2.32. The van der Waals surface area contributed by atoms with Gasteiger partial charge in [0.25, 0.3) is 11.7 Å². The van der Waals surface area contributed by atoms with E-state index in [-0.39, 0.29) is 24.2 Å². The van der Waals surface area contributed by atoms with Crippen LogP contribution in [0.1, 0.15) is 16.8 Å². The number of carbonyl (C=O) groups is 3. The topological polar surface area (TPSA) is 80.5 Å². The highest BCUT2D eigenvalue weighted by molar-refractivity contribution is 6.52. The van der Waals surface area contributed by atoms with E-state index >= 15 is 0 Å². The van der Waals surface area contributed by atoms with Crippen LogP contribution in [0.15, 0.2) is 12.1 Å². The first-order valence-electron chi connectivity index (χ1n) is 5.05. The normalized spacial score (nSPS) is 14.0. The Hall–Kier alpha value is -2.31. The van der Waals surface area contributed by atoms with Crippen molar-refractivity contribution in [3.05, 3.63) is 29.3 Å². The first kappa shape index (κ1) is 12.2. The van der Waals surface area contributed by atoms with Crippen molar-refractivity contribution < 1.29 is 23.2 Å². The van der Waals surface area contributed by atoms with Gasteiger partial charge >= 0.3 is 0 Å². The Morgan fingerprint density at radius 1 is 1.28 bits per heavy atom. The van der Waals surface area contributed by atoms with Crippen molar-refractivity contribution in [2.45, 2.75) is 6.42 Å². The number of carbonyl (C=O) groups excluding carboxylic acids is 3. The van der Waals surface area contributed by atoms with Gasteiger partial charge in [-0.25, -0.2) is 8.78 Å². The molecular formula is C11H8F2N2O3. The first-order chi connectivity index (χ1) is 8.41. The quantitative estimate of drug-likeness (QED) is 0.791. The lowest BCUT2D eigenvalue weighted by Crippen LogP contribution is -2.33. The molecule has 0 bridgehead atoms. The van der Waals surface area contributed by atoms with Crippen molar-refractivity contribution in [1.82, 2.24) is 0 Å². The number of fused-ring (bicyclic) bond motifs is 1. The van der Waals surface area contributed by atoms with E-state index in [1.165, 1.54) is 0 Å². The first-order valence-corrected chi connectivity index (χ1v) is 5.05. The molecule has 7 heteroatoms. The van der Waals surface area contributed by atoms with Gasteiger partial charge in [-0.2, -0.15) is 0 Å². The van der Waals surface area contributed by atoms with Gasteiger partial charge in [-0.15, -0.1) is 0 Å². The summed E-state index contributed by atoms with van der Waals surface area (Å²) in [5.41, 5.74) is 4.29. The third-order valence-corrected chi connectivity index (χ3v) is 2.56. The Labute approximate surface area is 100 Å². The number of benzene rings is 1. The van der Waals surface area contributed by atoms with E-state index in [2.05, 4.69) is 0 Å². The zero-order chi connectivity index (χ0) is 13.4. The molecule has 0 unspecified atom stereocenters. The molecule has 1 aromatic carbocycles. The van der Waals surface area contributed by atoms with Crippen LogP contribution in [-0.4, -0.2) is 24.1 Å². The molecule has 0 aliphatic carbocycles. The van der Waals surface area contributed by atoms with Gasteiger partial charge in [0.2, 0.25) is 5.91 Å². The van der Waals surface area contributed by atoms with Crippen molar-refractivity contribution in [2.75, 3.05) is 11.4 Å². The summed E-state index contributed by atoms with van der Waals surface area (Å²) in [6.07, 6.45) is -0.213. The van der Waals surface area contributed by atoms with E-state index < -0.39 is 29.2 Å². The second-order valence-corrected chi connectivity index (χ2v) is 3.79. The van der Waals surface area contributed by atoms with Gasteiger partial charge in [-0.1, -0.05) is 0 Å². The van der Waals surface area contributed by atoms with Crippen LogP contribution in [0.4, 0.5) is 14.5 Å². The van der Waals surface area contributed by atoms with Crippen LogP contribution in [0.25, 0.3) is 0 Å². The molecule has 1 aromatic rings. The van der Waals surface area contributed by atoms with Gasteiger partial charge in [0, 0.05) is 19.0 Å². The zero-order valence-electron chi connectivity index (χ0n) is 9.07. The summed E-state index contributed by atoms with van der Waals surface area (Å²) in [5.74, 6) is -4.63. The predicted molar refractivity (Wildman–Crippen MR) is 56.9 cm³/mol. The smallest absolute Gasteiger partial charge is 0.299 e. The number of anilines is 1. The van der Waals surface area contributed by atoms with E-state index in [0.717, 1.165) is 11.0 Å². The summed E-state index contributed by atoms with van der Waals surface area (Å²) in [5, 5.41) is 0. The lowest BCUT2D eigenvalue weighted by molar-refractivity contribution is -0.118. The van der Waals surface area contributed by atoms with Gasteiger partial charge in [0.15, 0.2) is 5.82 Å². The molecule has 0 radical (unpaired) electrons. The third-order valence-electron chi connectivity index (χ3n) is 2.56. The minimum atomic E-state index is -1.02. The fourth-order valence-corrected chi connectivity index (χ4v) is 1.79. The number of hydrogen-bond donors (Lipinski definition) is 1. The number of nitrogens with zero attached hydrogens (tertiary/aromatic N) is 1. The molecular weight excluding hydrogens is 246 g/mol. The molecule has 0 atom stereocenters. The number of rotatable bonds is 3. The standard InChI is InChI=1S/C11H8F2N2O3/c12-5-3-6-9(7(13)4-5)15(2-1-8(14)16)11(18)10(6)17/h3-4H,1-2H2,(H2,14,16). The van der Waals surface area contributed by atoms with Crippen LogP contribution < -0.4 is 10.6 Å². The van der Waals surface area contributed by atoms with Crippen molar-refractivity contribution in [2.24, 2.45) is 5.73 Å². The molecule has 18 heavy (non-hydrogen) atoms. The summed E-state index contributed by atoms with van der Waals surface area (Å²) in [7, 11) is 0. The largest absolute Gasteiger partial charge is 0.370 e. The van der Waals surface area contributed by atoms with E-state index in [4.69, 9.17) is 5.73 Å². The number of ketones is 1. The molecule has 1 aliphatic heterocycles. The lowest BCUT2D eigenvalue weighted by atomic mass is 10.1. The predicted octanol–water partition coefficient (Wildman–Crippen LogP) is 0.369. The molecule has 2 N–H and O–H groups in total. The fraction of sp³-hybridized carbons (Fsp3) is 0.182. The summed E-state index contributed by atoms with van der Waals surface area (Å²) in [6, 6.07) is 1.37. The maximum atomic E-state index is 13.6. The number of amides is 2. The minimum absolute atomic E-state index is 0.213. The Morgan fingerprint density at radius 2 is 1.94 bits per heavy atom. The molecule has 0 aromatic heterocycles. The zero-order valence-corrected chi connectivity index (χ0v) is 9.07. The van der Waals surface area contributed by atoms with E-state index in [9.17, 15) is 23.2 Å². The van der Waals surface area contributed by atoms with Crippen LogP contribution in [0.3, 0.4) is 0 Å². The number of hydrogen-bond acceptors (Lipinski definition) is 3. The van der Waals surface area contributed by atoms with E-state index in [1.807, 2.05) is 0 Å². The number of primary amides is 1. The molecule has 94 valence electrons. The summed E-state index contributed by atoms with van der Waals surface area (Å²) >= 11 is 0. The second-order valence-electron chi connectivity index (χ2n) is 3.79. The van der Waals surface area contributed by atoms with E-state index in [1.54, 1.807) is 0 Å². The molecule has 1 heterocycles. The maximum absolute atomic E-state index is 13.6. The third kappa shape index (κ3) is 1.83. The molecule has 2 rings (SSSR count). The van der Waals surface area contributed by atoms with Gasteiger partial charge in [-0.3, -0.25) is 14.4 Å². The highest BCUT2D eigenvalue weighted by atomic mass is 19.1. The number of halogens is 2. The second kappa shape index (κ2) is 4.17. The Balaban J connectivity index is 2.45. The molecule has 0 fully saturated rings. The lowest BCUT2D eigenvalue weighted by Gasteiger charge is -2.15. The van der Waals surface area contributed by atoms with Crippen LogP contribution in [0, 0.1) is 11.6 Å². The van der Waals surface area contributed by atoms with Crippen LogP contribution in [-0.2, 0) is 9.59 Å². The van der Waals surface area contributed by atoms with Crippen molar-refractivity contribution in [1.29, 1.82) is 0 Å². The Morgan fingerprint density at radius 3 is 2.56 bits per heavy atom. The van der Waals surface area contributed by atoms with Crippen molar-refractivity contribution in [3.63, 3.8) is 0 Å². The monoisotopic (exact) mass is 254 g/mol.